The maximum absolute atomic E-state index is 13.4. The summed E-state index contributed by atoms with van der Waals surface area (Å²) in [6, 6.07) is 5.19. The average Bonchev–Trinajstić information content (AvgIpc) is 2.86. The quantitative estimate of drug-likeness (QED) is 0.795. The van der Waals surface area contributed by atoms with Crippen LogP contribution in [0.15, 0.2) is 18.2 Å². The monoisotopic (exact) mass is 309 g/mol. The summed E-state index contributed by atoms with van der Waals surface area (Å²) < 4.78 is 15.7. The molecule has 1 aromatic heterocycles. The van der Waals surface area contributed by atoms with E-state index in [9.17, 15) is 4.39 Å². The summed E-state index contributed by atoms with van der Waals surface area (Å²) in [5.74, 6) is 0.597. The largest absolute Gasteiger partial charge is 0.322 e. The van der Waals surface area contributed by atoms with Crippen molar-refractivity contribution in [3.05, 3.63) is 29.8 Å². The van der Waals surface area contributed by atoms with Crippen LogP contribution >= 0.6 is 11.6 Å². The topological polar surface area (TPSA) is 21.1 Å². The van der Waals surface area contributed by atoms with E-state index in [0.29, 0.717) is 11.6 Å². The highest BCUT2D eigenvalue weighted by molar-refractivity contribution is 6.20. The van der Waals surface area contributed by atoms with Gasteiger partial charge in [0.05, 0.1) is 16.4 Å². The highest BCUT2D eigenvalue weighted by Crippen LogP contribution is 2.32. The lowest BCUT2D eigenvalue weighted by molar-refractivity contribution is 0.185. The zero-order valence-electron chi connectivity index (χ0n) is 12.5. The van der Waals surface area contributed by atoms with E-state index in [0.717, 1.165) is 37.4 Å². The zero-order valence-corrected chi connectivity index (χ0v) is 13.3. The molecular formula is C16H21ClFN3. The van der Waals surface area contributed by atoms with Crippen molar-refractivity contribution in [2.24, 2.45) is 0 Å². The number of likely N-dealkylation sites (tertiary alicyclic amines) is 1. The van der Waals surface area contributed by atoms with Crippen LogP contribution in [0.5, 0.6) is 0 Å². The maximum Gasteiger partial charge on any atom is 0.128 e. The molecule has 0 radical (unpaired) electrons. The van der Waals surface area contributed by atoms with Gasteiger partial charge in [0.25, 0.3) is 0 Å². The van der Waals surface area contributed by atoms with Crippen molar-refractivity contribution in [2.45, 2.75) is 38.1 Å². The van der Waals surface area contributed by atoms with Crippen molar-refractivity contribution < 1.29 is 4.39 Å². The van der Waals surface area contributed by atoms with E-state index >= 15 is 0 Å². The summed E-state index contributed by atoms with van der Waals surface area (Å²) in [7, 11) is 0. The number of halogens is 2. The zero-order chi connectivity index (χ0) is 15.0. The molecule has 1 saturated heterocycles. The van der Waals surface area contributed by atoms with Gasteiger partial charge in [-0.2, -0.15) is 0 Å². The third-order valence-corrected chi connectivity index (χ3v) is 4.52. The Balaban J connectivity index is 2.08. The number of hydrogen-bond donors (Lipinski definition) is 0. The summed E-state index contributed by atoms with van der Waals surface area (Å²) >= 11 is 6.32. The van der Waals surface area contributed by atoms with Crippen LogP contribution in [-0.4, -0.2) is 34.1 Å². The Kier molecular flexibility index (Phi) is 4.18. The second-order valence-corrected chi connectivity index (χ2v) is 6.43. The number of piperidine rings is 1. The van der Waals surface area contributed by atoms with Gasteiger partial charge in [0.15, 0.2) is 0 Å². The van der Waals surface area contributed by atoms with Gasteiger partial charge in [-0.3, -0.25) is 0 Å². The lowest BCUT2D eigenvalue weighted by Gasteiger charge is -2.34. The van der Waals surface area contributed by atoms with Crippen molar-refractivity contribution in [2.75, 3.05) is 19.6 Å². The van der Waals surface area contributed by atoms with Crippen LogP contribution in [0.2, 0.25) is 0 Å². The minimum Gasteiger partial charge on any atom is -0.322 e. The Hall–Kier alpha value is -1.13. The second-order valence-electron chi connectivity index (χ2n) is 5.78. The fraction of sp³-hybridized carbons (Fsp3) is 0.562. The number of nitrogens with zero attached hydrogens (tertiary/aromatic N) is 3. The number of hydrogen-bond acceptors (Lipinski definition) is 2. The lowest BCUT2D eigenvalue weighted by atomic mass is 10.0. The van der Waals surface area contributed by atoms with Crippen LogP contribution in [0.4, 0.5) is 4.39 Å². The predicted molar refractivity (Wildman–Crippen MR) is 84.3 cm³/mol. The number of imidazole rings is 1. The van der Waals surface area contributed by atoms with Gasteiger partial charge in [0.2, 0.25) is 0 Å². The number of benzene rings is 1. The minimum absolute atomic E-state index is 0.183. The molecule has 0 aliphatic carbocycles. The predicted octanol–water partition coefficient (Wildman–Crippen LogP) is 4.13. The Bertz CT molecular complexity index is 638. The smallest absolute Gasteiger partial charge is 0.128 e. The van der Waals surface area contributed by atoms with Gasteiger partial charge in [0, 0.05) is 18.7 Å². The van der Waals surface area contributed by atoms with Gasteiger partial charge in [-0.25, -0.2) is 9.37 Å². The lowest BCUT2D eigenvalue weighted by Crippen LogP contribution is -2.36. The molecule has 1 aliphatic heterocycles. The normalized spacial score (nSPS) is 21.8. The number of alkyl halides is 1. The third-order valence-electron chi connectivity index (χ3n) is 4.33. The summed E-state index contributed by atoms with van der Waals surface area (Å²) in [6.45, 7) is 7.34. The first-order valence-corrected chi connectivity index (χ1v) is 8.07. The first-order valence-electron chi connectivity index (χ1n) is 7.64. The first-order chi connectivity index (χ1) is 10.1. The highest BCUT2D eigenvalue weighted by Gasteiger charge is 2.26. The third kappa shape index (κ3) is 2.79. The maximum atomic E-state index is 13.4. The Morgan fingerprint density at radius 3 is 3.00 bits per heavy atom. The van der Waals surface area contributed by atoms with Gasteiger partial charge in [-0.15, -0.1) is 11.6 Å². The Morgan fingerprint density at radius 2 is 2.29 bits per heavy atom. The van der Waals surface area contributed by atoms with Gasteiger partial charge < -0.3 is 9.47 Å². The fourth-order valence-electron chi connectivity index (χ4n) is 3.28. The molecule has 0 bridgehead atoms. The van der Waals surface area contributed by atoms with E-state index in [4.69, 9.17) is 11.6 Å². The van der Waals surface area contributed by atoms with E-state index in [1.165, 1.54) is 18.6 Å². The molecule has 1 aliphatic rings. The van der Waals surface area contributed by atoms with E-state index in [2.05, 4.69) is 21.4 Å². The molecule has 2 atom stereocenters. The first kappa shape index (κ1) is 14.8. The molecule has 1 aromatic carbocycles. The van der Waals surface area contributed by atoms with Gasteiger partial charge in [-0.1, -0.05) is 6.92 Å². The average molecular weight is 310 g/mol. The van der Waals surface area contributed by atoms with Crippen LogP contribution in [0.25, 0.3) is 11.0 Å². The van der Waals surface area contributed by atoms with E-state index in [1.807, 2.05) is 13.0 Å². The van der Waals surface area contributed by atoms with Gasteiger partial charge in [-0.05, 0) is 45.0 Å². The molecule has 5 heteroatoms. The van der Waals surface area contributed by atoms with Crippen LogP contribution in [0, 0.1) is 5.82 Å². The van der Waals surface area contributed by atoms with E-state index in [-0.39, 0.29) is 11.2 Å². The van der Waals surface area contributed by atoms with Gasteiger partial charge in [0.1, 0.15) is 11.6 Å². The molecule has 0 N–H and O–H groups in total. The van der Waals surface area contributed by atoms with Crippen LogP contribution < -0.4 is 0 Å². The van der Waals surface area contributed by atoms with E-state index in [1.54, 1.807) is 0 Å². The molecule has 0 saturated carbocycles. The van der Waals surface area contributed by atoms with E-state index < -0.39 is 0 Å². The van der Waals surface area contributed by atoms with Crippen molar-refractivity contribution in [1.82, 2.24) is 14.5 Å². The molecule has 2 heterocycles. The summed E-state index contributed by atoms with van der Waals surface area (Å²) in [4.78, 5) is 7.02. The highest BCUT2D eigenvalue weighted by atomic mass is 35.5. The summed E-state index contributed by atoms with van der Waals surface area (Å²) in [5, 5.41) is -0.183. The Morgan fingerprint density at radius 1 is 1.48 bits per heavy atom. The number of likely N-dealkylation sites (N-methyl/N-ethyl adjacent to an activating group) is 1. The van der Waals surface area contributed by atoms with Crippen LogP contribution in [0.3, 0.4) is 0 Å². The molecule has 2 aromatic rings. The molecule has 0 spiro atoms. The molecule has 114 valence electrons. The van der Waals surface area contributed by atoms with Crippen LogP contribution in [0.1, 0.15) is 43.9 Å². The summed E-state index contributed by atoms with van der Waals surface area (Å²) in [6.07, 6.45) is 2.30. The Labute approximate surface area is 129 Å². The minimum atomic E-state index is -0.250. The summed E-state index contributed by atoms with van der Waals surface area (Å²) in [5.41, 5.74) is 1.69. The number of rotatable bonds is 3. The van der Waals surface area contributed by atoms with Crippen LogP contribution in [-0.2, 0) is 0 Å². The van der Waals surface area contributed by atoms with Crippen molar-refractivity contribution in [1.29, 1.82) is 0 Å². The second kappa shape index (κ2) is 5.93. The standard InChI is InChI=1S/C16H21ClFN3/c1-3-20-8-4-5-13(10-20)21-15-7-6-12(18)9-14(15)19-16(21)11(2)17/h6-7,9,11,13H,3-5,8,10H2,1-2H3. The van der Waals surface area contributed by atoms with Crippen molar-refractivity contribution in [3.63, 3.8) is 0 Å². The number of aromatic nitrogens is 2. The van der Waals surface area contributed by atoms with Crippen molar-refractivity contribution in [3.8, 4) is 0 Å². The molecular weight excluding hydrogens is 289 g/mol. The fourth-order valence-corrected chi connectivity index (χ4v) is 3.44. The van der Waals surface area contributed by atoms with Gasteiger partial charge >= 0.3 is 0 Å². The molecule has 2 unspecified atom stereocenters. The molecule has 1 fully saturated rings. The number of fused-ring (bicyclic) bond motifs is 1. The molecule has 0 amide bonds. The molecule has 21 heavy (non-hydrogen) atoms. The molecule has 3 rings (SSSR count). The molecule has 3 nitrogen and oxygen atoms in total. The van der Waals surface area contributed by atoms with Crippen molar-refractivity contribution >= 4 is 22.6 Å². The SMILES string of the molecule is CCN1CCCC(n2c(C(C)Cl)nc3cc(F)ccc32)C1.